The number of hydrogen-bond donors (Lipinski definition) is 1. The highest BCUT2D eigenvalue weighted by molar-refractivity contribution is 9.10. The first-order valence-electron chi connectivity index (χ1n) is 10.1. The van der Waals surface area contributed by atoms with Crippen LogP contribution in [0.5, 0.6) is 0 Å². The van der Waals surface area contributed by atoms with Crippen LogP contribution in [0.4, 0.5) is 0 Å². The van der Waals surface area contributed by atoms with E-state index in [1.54, 1.807) is 54.9 Å². The average molecular weight is 555 g/mol. The van der Waals surface area contributed by atoms with E-state index in [0.717, 1.165) is 14.9 Å². The van der Waals surface area contributed by atoms with Gasteiger partial charge in [0.2, 0.25) is 9.84 Å². The first kappa shape index (κ1) is 24.0. The molecule has 1 amide bonds. The molecule has 0 fully saturated rings. The van der Waals surface area contributed by atoms with Crippen LogP contribution >= 0.6 is 27.7 Å². The van der Waals surface area contributed by atoms with Gasteiger partial charge in [-0.15, -0.1) is 0 Å². The van der Waals surface area contributed by atoms with Crippen molar-refractivity contribution in [1.82, 2.24) is 10.3 Å². The van der Waals surface area contributed by atoms with Gasteiger partial charge in [0.15, 0.2) is 5.09 Å². The number of hydrogen-bond acceptors (Lipinski definition) is 6. The number of rotatable bonds is 8. The van der Waals surface area contributed by atoms with Crippen LogP contribution in [-0.2, 0) is 21.2 Å². The summed E-state index contributed by atoms with van der Waals surface area (Å²) in [6, 6.07) is 22.4. The second kappa shape index (κ2) is 10.9. The molecule has 0 saturated heterocycles. The van der Waals surface area contributed by atoms with Crippen molar-refractivity contribution >= 4 is 49.5 Å². The fourth-order valence-electron chi connectivity index (χ4n) is 2.98. The zero-order valence-electron chi connectivity index (χ0n) is 17.7. The molecule has 0 aliphatic carbocycles. The lowest BCUT2D eigenvalue weighted by atomic mass is 10.2. The molecule has 0 bridgehead atoms. The molecule has 0 spiro atoms. The molecular formula is C25H19BrN2O4S2. The summed E-state index contributed by atoms with van der Waals surface area (Å²) in [5, 5.41) is 3.25. The second-order valence-corrected chi connectivity index (χ2v) is 11.0. The van der Waals surface area contributed by atoms with Gasteiger partial charge in [0.1, 0.15) is 10.7 Å². The van der Waals surface area contributed by atoms with Crippen molar-refractivity contribution in [3.63, 3.8) is 0 Å². The summed E-state index contributed by atoms with van der Waals surface area (Å²) in [5.41, 5.74) is 0.797. The number of aromatic nitrogens is 1. The zero-order chi connectivity index (χ0) is 24.0. The number of amides is 1. The molecule has 0 atom stereocenters. The summed E-state index contributed by atoms with van der Waals surface area (Å²) in [6.07, 6.45) is 4.47. The Kier molecular flexibility index (Phi) is 7.66. The number of sulfone groups is 1. The molecule has 2 heterocycles. The minimum absolute atomic E-state index is 0.0244. The van der Waals surface area contributed by atoms with Crippen LogP contribution in [0.15, 0.2) is 120 Å². The molecule has 6 nitrogen and oxygen atoms in total. The van der Waals surface area contributed by atoms with E-state index in [1.165, 1.54) is 30.0 Å². The molecule has 0 radical (unpaired) electrons. The standard InChI is InChI=1S/C25H19BrN2O4S2/c26-19-6-9-21(10-7-19)33-24-11-8-20(32-24)16-23(34(30,31)22-4-2-1-3-5-22)25(29)28-17-18-12-14-27-15-13-18/h1-16H,17H2,(H,28,29)/b23-16+. The monoisotopic (exact) mass is 554 g/mol. The average Bonchev–Trinajstić information content (AvgIpc) is 3.30. The molecule has 0 aliphatic heterocycles. The maximum Gasteiger partial charge on any atom is 0.263 e. The van der Waals surface area contributed by atoms with E-state index in [-0.39, 0.29) is 17.2 Å². The highest BCUT2D eigenvalue weighted by Gasteiger charge is 2.27. The van der Waals surface area contributed by atoms with E-state index in [2.05, 4.69) is 26.2 Å². The highest BCUT2D eigenvalue weighted by atomic mass is 79.9. The maximum atomic E-state index is 13.3. The number of benzene rings is 2. The number of furan rings is 1. The van der Waals surface area contributed by atoms with Crippen molar-refractivity contribution in [3.05, 3.63) is 112 Å². The Balaban J connectivity index is 1.63. The molecule has 9 heteroatoms. The van der Waals surface area contributed by atoms with Gasteiger partial charge in [0.25, 0.3) is 5.91 Å². The third kappa shape index (κ3) is 6.05. The number of carbonyl (C=O) groups is 1. The van der Waals surface area contributed by atoms with Gasteiger partial charge in [-0.25, -0.2) is 8.42 Å². The van der Waals surface area contributed by atoms with E-state index in [9.17, 15) is 13.2 Å². The largest absolute Gasteiger partial charge is 0.450 e. The van der Waals surface area contributed by atoms with Crippen molar-refractivity contribution in [2.75, 3.05) is 0 Å². The van der Waals surface area contributed by atoms with Crippen LogP contribution in [-0.4, -0.2) is 19.3 Å². The van der Waals surface area contributed by atoms with E-state index in [4.69, 9.17) is 4.42 Å². The first-order valence-corrected chi connectivity index (χ1v) is 13.2. The lowest BCUT2D eigenvalue weighted by Gasteiger charge is -2.10. The minimum Gasteiger partial charge on any atom is -0.450 e. The molecule has 2 aromatic heterocycles. The van der Waals surface area contributed by atoms with E-state index in [0.29, 0.717) is 5.09 Å². The van der Waals surface area contributed by atoms with Crippen LogP contribution in [0.3, 0.4) is 0 Å². The van der Waals surface area contributed by atoms with Gasteiger partial charge in [-0.2, -0.15) is 0 Å². The van der Waals surface area contributed by atoms with Crippen molar-refractivity contribution < 1.29 is 17.6 Å². The number of pyridine rings is 1. The molecule has 172 valence electrons. The topological polar surface area (TPSA) is 89.3 Å². The Hall–Kier alpha value is -3.14. The zero-order valence-corrected chi connectivity index (χ0v) is 20.9. The Bertz CT molecular complexity index is 1400. The van der Waals surface area contributed by atoms with Gasteiger partial charge < -0.3 is 9.73 Å². The maximum absolute atomic E-state index is 13.3. The number of halogens is 1. The Labute approximate surface area is 210 Å². The molecule has 1 N–H and O–H groups in total. The van der Waals surface area contributed by atoms with Crippen molar-refractivity contribution in [2.45, 2.75) is 21.4 Å². The van der Waals surface area contributed by atoms with Gasteiger partial charge in [-0.3, -0.25) is 9.78 Å². The fraction of sp³-hybridized carbons (Fsp3) is 0.0400. The predicted octanol–water partition coefficient (Wildman–Crippen LogP) is 5.72. The lowest BCUT2D eigenvalue weighted by Crippen LogP contribution is -2.28. The molecular weight excluding hydrogens is 536 g/mol. The number of nitrogens with one attached hydrogen (secondary N) is 1. The van der Waals surface area contributed by atoms with Gasteiger partial charge >= 0.3 is 0 Å². The van der Waals surface area contributed by atoms with Crippen molar-refractivity contribution in [3.8, 4) is 0 Å². The van der Waals surface area contributed by atoms with Gasteiger partial charge in [0.05, 0.1) is 4.90 Å². The lowest BCUT2D eigenvalue weighted by molar-refractivity contribution is -0.116. The van der Waals surface area contributed by atoms with Crippen LogP contribution in [0.25, 0.3) is 6.08 Å². The van der Waals surface area contributed by atoms with Crippen LogP contribution in [0, 0.1) is 0 Å². The Morgan fingerprint density at radius 2 is 1.68 bits per heavy atom. The second-order valence-electron chi connectivity index (χ2n) is 7.08. The van der Waals surface area contributed by atoms with E-state index >= 15 is 0 Å². The summed E-state index contributed by atoms with van der Waals surface area (Å²) in [6.45, 7) is 0.159. The Morgan fingerprint density at radius 3 is 2.38 bits per heavy atom. The molecule has 4 rings (SSSR count). The third-order valence-corrected chi connectivity index (χ3v) is 7.91. The van der Waals surface area contributed by atoms with Crippen LogP contribution < -0.4 is 5.32 Å². The highest BCUT2D eigenvalue weighted by Crippen LogP contribution is 2.31. The van der Waals surface area contributed by atoms with Gasteiger partial charge in [-0.05, 0) is 66.2 Å². The van der Waals surface area contributed by atoms with Crippen molar-refractivity contribution in [1.29, 1.82) is 0 Å². The molecule has 4 aromatic rings. The SMILES string of the molecule is O=C(NCc1ccncc1)/C(=C\c1ccc(Sc2ccc(Br)cc2)o1)S(=O)(=O)c1ccccc1. The summed E-state index contributed by atoms with van der Waals surface area (Å²) in [7, 11) is -4.09. The molecule has 34 heavy (non-hydrogen) atoms. The molecule has 0 saturated carbocycles. The Morgan fingerprint density at radius 1 is 0.971 bits per heavy atom. The predicted molar refractivity (Wildman–Crippen MR) is 135 cm³/mol. The fourth-order valence-corrected chi connectivity index (χ4v) is 5.38. The summed E-state index contributed by atoms with van der Waals surface area (Å²) >= 11 is 4.79. The van der Waals surface area contributed by atoms with Crippen LogP contribution in [0.2, 0.25) is 0 Å². The normalized spacial score (nSPS) is 11.9. The first-order chi connectivity index (χ1) is 16.4. The van der Waals surface area contributed by atoms with Crippen molar-refractivity contribution in [2.24, 2.45) is 0 Å². The molecule has 0 unspecified atom stereocenters. The van der Waals surface area contributed by atoms with Gasteiger partial charge in [0, 0.05) is 34.4 Å². The van der Waals surface area contributed by atoms with Gasteiger partial charge in [-0.1, -0.05) is 45.9 Å². The quantitative estimate of drug-likeness (QED) is 0.280. The molecule has 0 aliphatic rings. The van der Waals surface area contributed by atoms with E-state index < -0.39 is 20.6 Å². The molecule has 2 aromatic carbocycles. The summed E-state index contributed by atoms with van der Waals surface area (Å²) in [4.78, 5) is 17.6. The minimum atomic E-state index is -4.09. The van der Waals surface area contributed by atoms with E-state index in [1.807, 2.05) is 24.3 Å². The smallest absolute Gasteiger partial charge is 0.263 e. The third-order valence-electron chi connectivity index (χ3n) is 4.68. The van der Waals surface area contributed by atoms with Crippen LogP contribution in [0.1, 0.15) is 11.3 Å². The summed E-state index contributed by atoms with van der Waals surface area (Å²) < 4.78 is 33.4. The number of nitrogens with zero attached hydrogens (tertiary/aromatic N) is 1. The summed E-state index contributed by atoms with van der Waals surface area (Å²) in [5.74, 6) is -0.465. The number of carbonyl (C=O) groups excluding carboxylic acids is 1.